The van der Waals surface area contributed by atoms with Gasteiger partial charge in [0.25, 0.3) is 0 Å². The van der Waals surface area contributed by atoms with Gasteiger partial charge in [-0.15, -0.1) is 11.6 Å². The second-order valence-electron chi connectivity index (χ2n) is 5.83. The number of hydrogen-bond donors (Lipinski definition) is 2. The molecule has 7 nitrogen and oxygen atoms in total. The summed E-state index contributed by atoms with van der Waals surface area (Å²) >= 11 is 5.81. The first-order valence-corrected chi connectivity index (χ1v) is 10.2. The smallest absolute Gasteiger partial charge is 0.317 e. The Hall–Kier alpha value is -1.51. The molecule has 2 rings (SSSR count). The summed E-state index contributed by atoms with van der Waals surface area (Å²) in [5.41, 5.74) is 0.687. The highest BCUT2D eigenvalue weighted by Crippen LogP contribution is 2.27. The maximum atomic E-state index is 12.3. The monoisotopic (exact) mass is 389 g/mol. The number of urea groups is 1. The second kappa shape index (κ2) is 8.73. The summed E-state index contributed by atoms with van der Waals surface area (Å²) in [5.74, 6) is 0.463. The molecule has 25 heavy (non-hydrogen) atoms. The summed E-state index contributed by atoms with van der Waals surface area (Å²) in [5, 5.41) is 2.63. The van der Waals surface area contributed by atoms with Crippen molar-refractivity contribution in [3.05, 3.63) is 23.8 Å². The molecule has 0 bridgehead atoms. The lowest BCUT2D eigenvalue weighted by molar-refractivity contribution is 0.116. The Morgan fingerprint density at radius 1 is 1.36 bits per heavy atom. The van der Waals surface area contributed by atoms with Crippen molar-refractivity contribution in [3.63, 3.8) is 0 Å². The van der Waals surface area contributed by atoms with Gasteiger partial charge in [-0.3, -0.25) is 0 Å². The first kappa shape index (κ1) is 19.8. The predicted octanol–water partition coefficient (Wildman–Crippen LogP) is 1.91. The third-order valence-electron chi connectivity index (χ3n) is 4.25. The lowest BCUT2D eigenvalue weighted by atomic mass is 10.0. The molecule has 2 amide bonds. The number of piperidine rings is 1. The Morgan fingerprint density at radius 2 is 2.12 bits per heavy atom. The lowest BCUT2D eigenvalue weighted by Crippen LogP contribution is -2.50. The topological polar surface area (TPSA) is 87.7 Å². The minimum atomic E-state index is -3.68. The van der Waals surface area contributed by atoms with Crippen LogP contribution >= 0.6 is 11.6 Å². The minimum Gasteiger partial charge on any atom is -0.490 e. The quantitative estimate of drug-likeness (QED) is 0.727. The molecule has 2 N–H and O–H groups in total. The summed E-state index contributed by atoms with van der Waals surface area (Å²) < 4.78 is 32.6. The number of nitrogens with zero attached hydrogens (tertiary/aromatic N) is 1. The molecule has 1 atom stereocenters. The molecule has 1 aliphatic rings. The molecule has 1 aromatic rings. The molecule has 1 aliphatic heterocycles. The molecule has 1 aromatic carbocycles. The van der Waals surface area contributed by atoms with Crippen molar-refractivity contribution in [1.82, 2.24) is 14.9 Å². The van der Waals surface area contributed by atoms with Gasteiger partial charge >= 0.3 is 6.03 Å². The Balaban J connectivity index is 2.20. The summed E-state index contributed by atoms with van der Waals surface area (Å²) in [6, 6.07) is 4.61. The molecular formula is C16H24ClN3O4S. The molecule has 0 radical (unpaired) electrons. The fourth-order valence-corrected chi connectivity index (χ4v) is 3.93. The fourth-order valence-electron chi connectivity index (χ4n) is 2.85. The van der Waals surface area contributed by atoms with E-state index in [1.165, 1.54) is 13.1 Å². The zero-order valence-electron chi connectivity index (χ0n) is 14.4. The van der Waals surface area contributed by atoms with Gasteiger partial charge in [0.2, 0.25) is 10.0 Å². The molecule has 1 unspecified atom stereocenters. The molecule has 140 valence electrons. The van der Waals surface area contributed by atoms with Crippen LogP contribution in [0.25, 0.3) is 0 Å². The number of alkyl halides is 1. The fraction of sp³-hybridized carbons (Fsp3) is 0.562. The molecule has 1 heterocycles. The van der Waals surface area contributed by atoms with Crippen LogP contribution < -0.4 is 14.8 Å². The van der Waals surface area contributed by atoms with E-state index in [-0.39, 0.29) is 35.2 Å². The average Bonchev–Trinajstić information content (AvgIpc) is 2.65. The van der Waals surface area contributed by atoms with Gasteiger partial charge in [0.15, 0.2) is 0 Å². The minimum absolute atomic E-state index is 0.0513. The number of sulfonamides is 1. The van der Waals surface area contributed by atoms with Gasteiger partial charge < -0.3 is 15.0 Å². The highest BCUT2D eigenvalue weighted by molar-refractivity contribution is 7.89. The van der Waals surface area contributed by atoms with E-state index >= 15 is 0 Å². The number of rotatable bonds is 6. The summed E-state index contributed by atoms with van der Waals surface area (Å²) in [4.78, 5) is 13.8. The van der Waals surface area contributed by atoms with Crippen LogP contribution in [-0.4, -0.2) is 52.6 Å². The van der Waals surface area contributed by atoms with Crippen molar-refractivity contribution < 1.29 is 17.9 Å². The molecule has 0 aliphatic carbocycles. The van der Waals surface area contributed by atoms with Crippen molar-refractivity contribution in [2.45, 2.75) is 36.1 Å². The van der Waals surface area contributed by atoms with E-state index in [2.05, 4.69) is 10.0 Å². The number of carbonyl (C=O) groups is 1. The van der Waals surface area contributed by atoms with E-state index in [9.17, 15) is 13.2 Å². The summed E-state index contributed by atoms with van der Waals surface area (Å²) in [6.07, 6.45) is 2.78. The molecule has 1 saturated heterocycles. The summed E-state index contributed by atoms with van der Waals surface area (Å²) in [7, 11) is -0.733. The van der Waals surface area contributed by atoms with Gasteiger partial charge in [-0.25, -0.2) is 17.9 Å². The van der Waals surface area contributed by atoms with E-state index < -0.39 is 10.0 Å². The lowest BCUT2D eigenvalue weighted by Gasteiger charge is -2.35. The Bertz CT molecular complexity index is 711. The van der Waals surface area contributed by atoms with Crippen molar-refractivity contribution >= 4 is 27.7 Å². The first-order chi connectivity index (χ1) is 11.9. The number of nitrogens with one attached hydrogen (secondary N) is 2. The molecule has 0 saturated carbocycles. The van der Waals surface area contributed by atoms with E-state index in [1.807, 2.05) is 0 Å². The second-order valence-corrected chi connectivity index (χ2v) is 7.95. The van der Waals surface area contributed by atoms with Crippen LogP contribution in [0.4, 0.5) is 4.79 Å². The highest BCUT2D eigenvalue weighted by atomic mass is 35.5. The van der Waals surface area contributed by atoms with E-state index in [0.29, 0.717) is 12.1 Å². The van der Waals surface area contributed by atoms with Gasteiger partial charge in [-0.2, -0.15) is 0 Å². The van der Waals surface area contributed by atoms with Gasteiger partial charge in [-0.1, -0.05) is 6.07 Å². The van der Waals surface area contributed by atoms with Gasteiger partial charge in [0, 0.05) is 19.5 Å². The van der Waals surface area contributed by atoms with Crippen LogP contribution in [-0.2, 0) is 15.9 Å². The number of carbonyl (C=O) groups excluding carboxylic acids is 1. The van der Waals surface area contributed by atoms with Gasteiger partial charge in [0.05, 0.1) is 6.04 Å². The standard InChI is InChI=1S/C16H24ClN3O4S/c1-18-16(21)20-8-4-3-5-13(20)11-24-14-7-6-12(10-17)9-15(14)25(22,23)19-2/h6-7,9,13,19H,3-5,8,10-11H2,1-2H3,(H,18,21). The highest BCUT2D eigenvalue weighted by Gasteiger charge is 2.27. The van der Waals surface area contributed by atoms with Crippen LogP contribution in [0.2, 0.25) is 0 Å². The van der Waals surface area contributed by atoms with Gasteiger partial charge in [0.1, 0.15) is 17.3 Å². The molecule has 1 fully saturated rings. The van der Waals surface area contributed by atoms with Crippen LogP contribution in [0.15, 0.2) is 23.1 Å². The number of benzene rings is 1. The maximum absolute atomic E-state index is 12.3. The summed E-state index contributed by atoms with van der Waals surface area (Å²) in [6.45, 7) is 0.903. The van der Waals surface area contributed by atoms with Gasteiger partial charge in [-0.05, 0) is 44.0 Å². The molecule has 0 aromatic heterocycles. The van der Waals surface area contributed by atoms with Crippen molar-refractivity contribution in [2.24, 2.45) is 0 Å². The van der Waals surface area contributed by atoms with Crippen LogP contribution in [0.3, 0.4) is 0 Å². The van der Waals surface area contributed by atoms with Crippen molar-refractivity contribution in [1.29, 1.82) is 0 Å². The van der Waals surface area contributed by atoms with Crippen LogP contribution in [0.5, 0.6) is 5.75 Å². The Kier molecular flexibility index (Phi) is 6.92. The molecule has 9 heteroatoms. The van der Waals surface area contributed by atoms with E-state index in [4.69, 9.17) is 16.3 Å². The Labute approximate surface area is 153 Å². The number of ether oxygens (including phenoxy) is 1. The normalized spacial score (nSPS) is 18.0. The average molecular weight is 390 g/mol. The van der Waals surface area contributed by atoms with Crippen molar-refractivity contribution in [3.8, 4) is 5.75 Å². The van der Waals surface area contributed by atoms with Crippen LogP contribution in [0, 0.1) is 0 Å². The Morgan fingerprint density at radius 3 is 2.76 bits per heavy atom. The van der Waals surface area contributed by atoms with E-state index in [0.717, 1.165) is 19.3 Å². The maximum Gasteiger partial charge on any atom is 0.317 e. The van der Waals surface area contributed by atoms with Crippen molar-refractivity contribution in [2.75, 3.05) is 27.2 Å². The predicted molar refractivity (Wildman–Crippen MR) is 96.5 cm³/mol. The zero-order valence-corrected chi connectivity index (χ0v) is 16.0. The number of likely N-dealkylation sites (tertiary alicyclic amines) is 1. The number of amides is 2. The largest absolute Gasteiger partial charge is 0.490 e. The molecule has 0 spiro atoms. The van der Waals surface area contributed by atoms with Crippen LogP contribution in [0.1, 0.15) is 24.8 Å². The third kappa shape index (κ3) is 4.77. The first-order valence-electron chi connectivity index (χ1n) is 8.16. The number of halogens is 1. The third-order valence-corrected chi connectivity index (χ3v) is 6.00. The van der Waals surface area contributed by atoms with E-state index in [1.54, 1.807) is 24.1 Å². The molecular weight excluding hydrogens is 366 g/mol. The SMILES string of the molecule is CNC(=O)N1CCCCC1COc1ccc(CCl)cc1S(=O)(=O)NC. The number of hydrogen-bond acceptors (Lipinski definition) is 4. The zero-order chi connectivity index (χ0) is 18.4.